The second-order valence-electron chi connectivity index (χ2n) is 5.60. The fourth-order valence-electron chi connectivity index (χ4n) is 2.73. The van der Waals surface area contributed by atoms with Gasteiger partial charge in [-0.15, -0.1) is 0 Å². The molecule has 0 bridgehead atoms. The Morgan fingerprint density at radius 3 is 2.31 bits per heavy atom. The van der Waals surface area contributed by atoms with Crippen LogP contribution in [0.1, 0.15) is 34.7 Å². The molecule has 1 heterocycles. The van der Waals surface area contributed by atoms with Gasteiger partial charge in [-0.25, -0.2) is 9.48 Å². The minimum absolute atomic E-state index is 0.0288. The number of ketones is 1. The number of aromatic nitrogens is 2. The zero-order chi connectivity index (χ0) is 18.7. The van der Waals surface area contributed by atoms with Gasteiger partial charge < -0.3 is 4.74 Å². The van der Waals surface area contributed by atoms with Gasteiger partial charge in [0, 0.05) is 10.0 Å². The first-order valence-corrected chi connectivity index (χ1v) is 8.94. The highest BCUT2D eigenvalue weighted by molar-refractivity contribution is 9.10. The van der Waals surface area contributed by atoms with Crippen LogP contribution in [-0.4, -0.2) is 28.1 Å². The lowest BCUT2D eigenvalue weighted by molar-refractivity contribution is 0.0516. The first kappa shape index (κ1) is 18.1. The minimum Gasteiger partial charge on any atom is -0.461 e. The monoisotopic (exact) mass is 412 g/mol. The summed E-state index contributed by atoms with van der Waals surface area (Å²) in [6.45, 7) is 3.36. The number of carbonyl (C=O) groups excluding carboxylic acids is 2. The molecule has 0 aliphatic carbocycles. The Morgan fingerprint density at radius 2 is 1.73 bits per heavy atom. The Balaban J connectivity index is 2.32. The standard InChI is InChI=1S/C20H17BrN2O3/c1-3-26-20(25)18-17(13(2)24)19(14-7-5-4-6-8-14)23(22-18)16-11-9-15(21)10-12-16/h4-12H,3H2,1-2H3. The Kier molecular flexibility index (Phi) is 5.32. The summed E-state index contributed by atoms with van der Waals surface area (Å²) in [5.41, 5.74) is 2.40. The SMILES string of the molecule is CCOC(=O)c1nn(-c2ccc(Br)cc2)c(-c2ccccc2)c1C(C)=O. The van der Waals surface area contributed by atoms with Crippen LogP contribution in [-0.2, 0) is 4.74 Å². The van der Waals surface area contributed by atoms with Crippen LogP contribution in [0.5, 0.6) is 0 Å². The van der Waals surface area contributed by atoms with Crippen LogP contribution >= 0.6 is 15.9 Å². The van der Waals surface area contributed by atoms with Crippen molar-refractivity contribution in [3.63, 3.8) is 0 Å². The van der Waals surface area contributed by atoms with Gasteiger partial charge in [0.15, 0.2) is 11.5 Å². The Labute approximate surface area is 159 Å². The van der Waals surface area contributed by atoms with E-state index in [9.17, 15) is 9.59 Å². The number of hydrogen-bond donors (Lipinski definition) is 0. The van der Waals surface area contributed by atoms with Gasteiger partial charge in [-0.05, 0) is 38.1 Å². The van der Waals surface area contributed by atoms with E-state index in [0.29, 0.717) is 5.69 Å². The summed E-state index contributed by atoms with van der Waals surface area (Å²) in [5.74, 6) is -0.846. The number of nitrogens with zero attached hydrogens (tertiary/aromatic N) is 2. The lowest BCUT2D eigenvalue weighted by atomic mass is 10.0. The van der Waals surface area contributed by atoms with Crippen molar-refractivity contribution < 1.29 is 14.3 Å². The Bertz CT molecular complexity index is 947. The summed E-state index contributed by atoms with van der Waals surface area (Å²) in [6.07, 6.45) is 0. The molecule has 0 saturated carbocycles. The molecule has 0 fully saturated rings. The molecule has 2 aromatic carbocycles. The molecule has 0 radical (unpaired) electrons. The summed E-state index contributed by atoms with van der Waals surface area (Å²) < 4.78 is 7.64. The molecule has 0 aliphatic rings. The van der Waals surface area contributed by atoms with Crippen molar-refractivity contribution in [2.75, 3.05) is 6.61 Å². The minimum atomic E-state index is -0.606. The summed E-state index contributed by atoms with van der Waals surface area (Å²) >= 11 is 3.41. The van der Waals surface area contributed by atoms with E-state index in [2.05, 4.69) is 21.0 Å². The van der Waals surface area contributed by atoms with Gasteiger partial charge in [-0.2, -0.15) is 5.10 Å². The smallest absolute Gasteiger partial charge is 0.359 e. The summed E-state index contributed by atoms with van der Waals surface area (Å²) in [4.78, 5) is 24.8. The molecular weight excluding hydrogens is 396 g/mol. The lowest BCUT2D eigenvalue weighted by Crippen LogP contribution is -2.10. The van der Waals surface area contributed by atoms with Gasteiger partial charge in [0.2, 0.25) is 0 Å². The van der Waals surface area contributed by atoms with Crippen molar-refractivity contribution in [1.29, 1.82) is 0 Å². The van der Waals surface area contributed by atoms with Crippen LogP contribution in [0.3, 0.4) is 0 Å². The number of carbonyl (C=O) groups is 2. The Hall–Kier alpha value is -2.73. The zero-order valence-electron chi connectivity index (χ0n) is 14.4. The second-order valence-corrected chi connectivity index (χ2v) is 6.52. The molecule has 0 saturated heterocycles. The molecule has 132 valence electrons. The molecule has 3 aromatic rings. The predicted octanol–water partition coefficient (Wildman–Crippen LogP) is 4.68. The molecule has 6 heteroatoms. The van der Waals surface area contributed by atoms with E-state index in [0.717, 1.165) is 15.7 Å². The van der Waals surface area contributed by atoms with Crippen molar-refractivity contribution in [2.24, 2.45) is 0 Å². The highest BCUT2D eigenvalue weighted by atomic mass is 79.9. The summed E-state index contributed by atoms with van der Waals surface area (Å²) in [6, 6.07) is 16.9. The highest BCUT2D eigenvalue weighted by Crippen LogP contribution is 2.30. The van der Waals surface area contributed by atoms with Crippen LogP contribution in [0.2, 0.25) is 0 Å². The summed E-state index contributed by atoms with van der Waals surface area (Å²) in [7, 11) is 0. The molecule has 0 aliphatic heterocycles. The molecule has 1 aromatic heterocycles. The molecule has 0 amide bonds. The average Bonchev–Trinajstić information content (AvgIpc) is 3.04. The van der Waals surface area contributed by atoms with E-state index in [-0.39, 0.29) is 23.6 Å². The maximum Gasteiger partial charge on any atom is 0.359 e. The molecule has 0 atom stereocenters. The molecule has 26 heavy (non-hydrogen) atoms. The maximum atomic E-state index is 12.4. The fraction of sp³-hybridized carbons (Fsp3) is 0.150. The quantitative estimate of drug-likeness (QED) is 0.450. The number of hydrogen-bond acceptors (Lipinski definition) is 4. The van der Waals surface area contributed by atoms with Gasteiger partial charge in [0.25, 0.3) is 0 Å². The number of halogens is 1. The lowest BCUT2D eigenvalue weighted by Gasteiger charge is -2.09. The molecule has 0 N–H and O–H groups in total. The van der Waals surface area contributed by atoms with Crippen LogP contribution in [0.25, 0.3) is 16.9 Å². The first-order valence-electron chi connectivity index (χ1n) is 8.15. The largest absolute Gasteiger partial charge is 0.461 e. The number of benzene rings is 2. The van der Waals surface area contributed by atoms with Gasteiger partial charge in [0.05, 0.1) is 23.6 Å². The van der Waals surface area contributed by atoms with E-state index in [1.54, 1.807) is 11.6 Å². The van der Waals surface area contributed by atoms with Crippen molar-refractivity contribution in [3.8, 4) is 16.9 Å². The molecular formula is C20H17BrN2O3. The van der Waals surface area contributed by atoms with E-state index in [1.807, 2.05) is 54.6 Å². The molecule has 5 nitrogen and oxygen atoms in total. The highest BCUT2D eigenvalue weighted by Gasteiger charge is 2.28. The normalized spacial score (nSPS) is 10.6. The number of ether oxygens (including phenoxy) is 1. The van der Waals surface area contributed by atoms with Crippen LogP contribution in [0, 0.1) is 0 Å². The Morgan fingerprint density at radius 1 is 1.08 bits per heavy atom. The van der Waals surface area contributed by atoms with Crippen LogP contribution in [0.4, 0.5) is 0 Å². The average molecular weight is 413 g/mol. The van der Waals surface area contributed by atoms with Gasteiger partial charge >= 0.3 is 5.97 Å². The fourth-order valence-corrected chi connectivity index (χ4v) is 2.99. The van der Waals surface area contributed by atoms with Crippen molar-refractivity contribution in [2.45, 2.75) is 13.8 Å². The first-order chi connectivity index (χ1) is 12.5. The molecule has 0 spiro atoms. The van der Waals surface area contributed by atoms with E-state index < -0.39 is 5.97 Å². The van der Waals surface area contributed by atoms with Crippen LogP contribution < -0.4 is 0 Å². The van der Waals surface area contributed by atoms with Crippen LogP contribution in [0.15, 0.2) is 59.1 Å². The van der Waals surface area contributed by atoms with E-state index >= 15 is 0 Å². The molecule has 0 unspecified atom stereocenters. The maximum absolute atomic E-state index is 12.4. The topological polar surface area (TPSA) is 61.2 Å². The van der Waals surface area contributed by atoms with Gasteiger partial charge in [0.1, 0.15) is 0 Å². The predicted molar refractivity (Wildman–Crippen MR) is 103 cm³/mol. The number of Topliss-reactive ketones (excluding diaryl/α,β-unsaturated/α-hetero) is 1. The third-order valence-electron chi connectivity index (χ3n) is 3.82. The van der Waals surface area contributed by atoms with Crippen molar-refractivity contribution in [1.82, 2.24) is 9.78 Å². The van der Waals surface area contributed by atoms with Gasteiger partial charge in [-0.3, -0.25) is 4.79 Å². The van der Waals surface area contributed by atoms with E-state index in [4.69, 9.17) is 4.74 Å². The number of esters is 1. The van der Waals surface area contributed by atoms with Gasteiger partial charge in [-0.1, -0.05) is 46.3 Å². The second kappa shape index (κ2) is 7.66. The number of rotatable bonds is 5. The van der Waals surface area contributed by atoms with Crippen molar-refractivity contribution >= 4 is 27.7 Å². The van der Waals surface area contributed by atoms with E-state index in [1.165, 1.54) is 6.92 Å². The summed E-state index contributed by atoms with van der Waals surface area (Å²) in [5, 5.41) is 4.43. The third kappa shape index (κ3) is 3.46. The third-order valence-corrected chi connectivity index (χ3v) is 4.35. The van der Waals surface area contributed by atoms with Crippen molar-refractivity contribution in [3.05, 3.63) is 70.3 Å². The zero-order valence-corrected chi connectivity index (χ0v) is 16.0. The molecule has 3 rings (SSSR count).